The molecule has 0 spiro atoms. The molecule has 0 aliphatic heterocycles. The lowest BCUT2D eigenvalue weighted by Gasteiger charge is -2.34. The molecule has 7 nitrogen and oxygen atoms in total. The second-order valence-corrected chi connectivity index (χ2v) is 11.5. The Kier molecular flexibility index (Phi) is 10.1. The van der Waals surface area contributed by atoms with Gasteiger partial charge < -0.3 is 10.2 Å². The molecule has 0 aromatic heterocycles. The molecule has 3 aromatic rings. The van der Waals surface area contributed by atoms with E-state index in [1.165, 1.54) is 4.90 Å². The minimum absolute atomic E-state index is 0.0745. The van der Waals surface area contributed by atoms with Crippen LogP contribution in [0.15, 0.2) is 84.9 Å². The van der Waals surface area contributed by atoms with Gasteiger partial charge in [0.2, 0.25) is 21.8 Å². The van der Waals surface area contributed by atoms with E-state index in [4.69, 9.17) is 0 Å². The van der Waals surface area contributed by atoms with Gasteiger partial charge in [0.1, 0.15) is 12.6 Å². The van der Waals surface area contributed by atoms with E-state index in [1.54, 1.807) is 24.3 Å². The Morgan fingerprint density at radius 1 is 0.868 bits per heavy atom. The molecular formula is C30H37N3O4S. The van der Waals surface area contributed by atoms with Crippen LogP contribution in [0.4, 0.5) is 5.69 Å². The zero-order valence-corrected chi connectivity index (χ0v) is 23.3. The molecule has 0 radical (unpaired) electrons. The zero-order chi connectivity index (χ0) is 27.7. The van der Waals surface area contributed by atoms with Gasteiger partial charge in [0.15, 0.2) is 0 Å². The van der Waals surface area contributed by atoms with Crippen molar-refractivity contribution in [2.24, 2.45) is 0 Å². The highest BCUT2D eigenvalue weighted by molar-refractivity contribution is 7.92. The minimum atomic E-state index is -3.77. The number of hydrogen-bond donors (Lipinski definition) is 1. The maximum absolute atomic E-state index is 14.0. The first-order valence-corrected chi connectivity index (χ1v) is 14.7. The number of carbonyl (C=O) groups excluding carboxylic acids is 2. The first-order valence-electron chi connectivity index (χ1n) is 12.8. The maximum Gasteiger partial charge on any atom is 0.244 e. The van der Waals surface area contributed by atoms with E-state index in [0.717, 1.165) is 33.7 Å². The number of anilines is 1. The number of carbonyl (C=O) groups is 2. The van der Waals surface area contributed by atoms with Crippen LogP contribution in [0.5, 0.6) is 0 Å². The molecule has 0 bridgehead atoms. The van der Waals surface area contributed by atoms with Crippen LogP contribution >= 0.6 is 0 Å². The fraction of sp³-hybridized carbons (Fsp3) is 0.333. The van der Waals surface area contributed by atoms with Crippen molar-refractivity contribution in [1.29, 1.82) is 0 Å². The molecule has 2 amide bonds. The van der Waals surface area contributed by atoms with E-state index in [-0.39, 0.29) is 18.5 Å². The highest BCUT2D eigenvalue weighted by Gasteiger charge is 2.33. The molecule has 3 aromatic carbocycles. The molecule has 1 N–H and O–H groups in total. The Morgan fingerprint density at radius 3 is 1.95 bits per heavy atom. The lowest BCUT2D eigenvalue weighted by molar-refractivity contribution is -0.140. The fourth-order valence-electron chi connectivity index (χ4n) is 4.10. The van der Waals surface area contributed by atoms with Gasteiger partial charge in [-0.2, -0.15) is 0 Å². The standard InChI is InChI=1S/C30H37N3O4S/c1-5-24(3)31-30(35)28(20-25-12-8-6-9-13-25)32(21-26-14-10-7-11-15-26)29(34)22-33(38(4,36)37)27-18-16-23(2)17-19-27/h6-19,24,28H,5,20-22H2,1-4H3,(H,31,35)/t24-,28+/m0/s1. The second kappa shape index (κ2) is 13.2. The van der Waals surface area contributed by atoms with Gasteiger partial charge in [0, 0.05) is 19.0 Å². The van der Waals surface area contributed by atoms with Gasteiger partial charge in [-0.05, 0) is 43.5 Å². The van der Waals surface area contributed by atoms with Crippen molar-refractivity contribution in [2.45, 2.75) is 52.2 Å². The van der Waals surface area contributed by atoms with Crippen molar-refractivity contribution in [3.05, 3.63) is 102 Å². The second-order valence-electron chi connectivity index (χ2n) is 9.64. The number of aryl methyl sites for hydroxylation is 1. The van der Waals surface area contributed by atoms with Crippen molar-refractivity contribution in [3.63, 3.8) is 0 Å². The van der Waals surface area contributed by atoms with E-state index in [9.17, 15) is 18.0 Å². The molecule has 0 saturated carbocycles. The Hall–Kier alpha value is -3.65. The highest BCUT2D eigenvalue weighted by Crippen LogP contribution is 2.21. The summed E-state index contributed by atoms with van der Waals surface area (Å²) < 4.78 is 26.7. The number of benzene rings is 3. The van der Waals surface area contributed by atoms with Crippen molar-refractivity contribution in [2.75, 3.05) is 17.1 Å². The molecule has 0 aliphatic carbocycles. The monoisotopic (exact) mass is 535 g/mol. The van der Waals surface area contributed by atoms with Crippen LogP contribution in [0.1, 0.15) is 37.0 Å². The van der Waals surface area contributed by atoms with Crippen molar-refractivity contribution in [1.82, 2.24) is 10.2 Å². The smallest absolute Gasteiger partial charge is 0.244 e. The summed E-state index contributed by atoms with van der Waals surface area (Å²) in [6.07, 6.45) is 2.12. The van der Waals surface area contributed by atoms with Gasteiger partial charge in [0.25, 0.3) is 0 Å². The number of nitrogens with zero attached hydrogens (tertiary/aromatic N) is 2. The van der Waals surface area contributed by atoms with E-state index >= 15 is 0 Å². The zero-order valence-electron chi connectivity index (χ0n) is 22.5. The van der Waals surface area contributed by atoms with Crippen LogP contribution in [0.25, 0.3) is 0 Å². The summed E-state index contributed by atoms with van der Waals surface area (Å²) in [4.78, 5) is 29.1. The molecule has 0 aliphatic rings. The predicted molar refractivity (Wildman–Crippen MR) is 152 cm³/mol. The van der Waals surface area contributed by atoms with Crippen molar-refractivity contribution >= 4 is 27.5 Å². The van der Waals surface area contributed by atoms with Gasteiger partial charge in [-0.1, -0.05) is 85.3 Å². The van der Waals surface area contributed by atoms with Gasteiger partial charge in [-0.15, -0.1) is 0 Å². The lowest BCUT2D eigenvalue weighted by Crippen LogP contribution is -2.54. The molecule has 202 valence electrons. The quantitative estimate of drug-likeness (QED) is 0.374. The third-order valence-corrected chi connectivity index (χ3v) is 7.61. The van der Waals surface area contributed by atoms with E-state index in [2.05, 4.69) is 5.32 Å². The molecule has 0 heterocycles. The van der Waals surface area contributed by atoms with Gasteiger partial charge in [0.05, 0.1) is 11.9 Å². The summed E-state index contributed by atoms with van der Waals surface area (Å²) in [6.45, 7) is 5.55. The average Bonchev–Trinajstić information content (AvgIpc) is 2.90. The third kappa shape index (κ3) is 8.18. The van der Waals surface area contributed by atoms with Crippen LogP contribution < -0.4 is 9.62 Å². The Balaban J connectivity index is 2.03. The number of sulfonamides is 1. The van der Waals surface area contributed by atoms with Gasteiger partial charge in [-0.25, -0.2) is 8.42 Å². The molecule has 38 heavy (non-hydrogen) atoms. The topological polar surface area (TPSA) is 86.8 Å². The summed E-state index contributed by atoms with van der Waals surface area (Å²) in [6, 6.07) is 25.0. The fourth-order valence-corrected chi connectivity index (χ4v) is 4.95. The highest BCUT2D eigenvalue weighted by atomic mass is 32.2. The Bertz CT molecular complexity index is 1300. The average molecular weight is 536 g/mol. The number of hydrogen-bond acceptors (Lipinski definition) is 4. The SMILES string of the molecule is CC[C@H](C)NC(=O)[C@@H](Cc1ccccc1)N(Cc1ccccc1)C(=O)CN(c1ccc(C)cc1)S(C)(=O)=O. The first kappa shape index (κ1) is 28.9. The summed E-state index contributed by atoms with van der Waals surface area (Å²) in [5, 5.41) is 3.03. The van der Waals surface area contributed by atoms with Crippen LogP contribution in [0.3, 0.4) is 0 Å². The normalized spacial score (nSPS) is 12.8. The minimum Gasteiger partial charge on any atom is -0.352 e. The number of nitrogens with one attached hydrogen (secondary N) is 1. The van der Waals surface area contributed by atoms with Gasteiger partial charge >= 0.3 is 0 Å². The Morgan fingerprint density at radius 2 is 1.42 bits per heavy atom. The molecule has 0 unspecified atom stereocenters. The van der Waals surface area contributed by atoms with Crippen LogP contribution in [-0.2, 0) is 32.6 Å². The summed E-state index contributed by atoms with van der Waals surface area (Å²) in [5.41, 5.74) is 3.12. The van der Waals surface area contributed by atoms with E-state index < -0.39 is 28.5 Å². The third-order valence-electron chi connectivity index (χ3n) is 6.47. The van der Waals surface area contributed by atoms with Crippen LogP contribution in [-0.4, -0.2) is 50.0 Å². The summed E-state index contributed by atoms with van der Waals surface area (Å²) in [7, 11) is -3.77. The van der Waals surface area contributed by atoms with Crippen molar-refractivity contribution in [3.8, 4) is 0 Å². The molecule has 0 fully saturated rings. The van der Waals surface area contributed by atoms with E-state index in [1.807, 2.05) is 81.4 Å². The summed E-state index contributed by atoms with van der Waals surface area (Å²) in [5.74, 6) is -0.728. The summed E-state index contributed by atoms with van der Waals surface area (Å²) >= 11 is 0. The largest absolute Gasteiger partial charge is 0.352 e. The van der Waals surface area contributed by atoms with Crippen molar-refractivity contribution < 1.29 is 18.0 Å². The van der Waals surface area contributed by atoms with Crippen LogP contribution in [0.2, 0.25) is 0 Å². The number of rotatable bonds is 12. The van der Waals surface area contributed by atoms with Crippen LogP contribution in [0, 0.1) is 6.92 Å². The number of amides is 2. The molecule has 8 heteroatoms. The lowest BCUT2D eigenvalue weighted by atomic mass is 10.0. The van der Waals surface area contributed by atoms with Gasteiger partial charge in [-0.3, -0.25) is 13.9 Å². The maximum atomic E-state index is 14.0. The molecule has 2 atom stereocenters. The molecular weight excluding hydrogens is 498 g/mol. The first-order chi connectivity index (χ1) is 18.1. The Labute approximate surface area is 226 Å². The predicted octanol–water partition coefficient (Wildman–Crippen LogP) is 4.32. The van der Waals surface area contributed by atoms with E-state index in [0.29, 0.717) is 12.1 Å². The molecule has 0 saturated heterocycles. The molecule has 3 rings (SSSR count).